The van der Waals surface area contributed by atoms with E-state index in [-0.39, 0.29) is 29.5 Å². The summed E-state index contributed by atoms with van der Waals surface area (Å²) in [5, 5.41) is 9.60. The zero-order chi connectivity index (χ0) is 15.1. The number of nitrogens with two attached hydrogens (primary N) is 1. The van der Waals surface area contributed by atoms with E-state index in [1.54, 1.807) is 0 Å². The quantitative estimate of drug-likeness (QED) is 0.769. The number of amides is 1. The van der Waals surface area contributed by atoms with Gasteiger partial charge in [0.1, 0.15) is 0 Å². The maximum atomic E-state index is 12.7. The third-order valence-corrected chi connectivity index (χ3v) is 3.60. The Kier molecular flexibility index (Phi) is 5.02. The van der Waals surface area contributed by atoms with Crippen LogP contribution in [0.25, 0.3) is 0 Å². The van der Waals surface area contributed by atoms with E-state index in [1.807, 2.05) is 0 Å². The molecule has 0 aliphatic carbocycles. The van der Waals surface area contributed by atoms with Gasteiger partial charge in [-0.1, -0.05) is 11.6 Å². The highest BCUT2D eigenvalue weighted by Gasteiger charge is 2.57. The van der Waals surface area contributed by atoms with Crippen LogP contribution in [-0.4, -0.2) is 40.8 Å². The Morgan fingerprint density at radius 1 is 1.43 bits per heavy atom. The van der Waals surface area contributed by atoms with Gasteiger partial charge in [-0.3, -0.25) is 4.79 Å². The number of nitrogen functional groups attached to an aromatic ring is 1. The Balaban J connectivity index is 0.00000220. The van der Waals surface area contributed by atoms with Gasteiger partial charge in [-0.25, -0.2) is 0 Å². The summed E-state index contributed by atoms with van der Waals surface area (Å²) in [4.78, 5) is 13.1. The lowest BCUT2D eigenvalue weighted by Crippen LogP contribution is -2.48. The molecule has 0 bridgehead atoms. The Bertz CT molecular complexity index is 554. The Labute approximate surface area is 130 Å². The largest absolute Gasteiger partial charge is 0.419 e. The molecule has 1 aromatic carbocycles. The molecular formula is C12H13Cl2F3N2O2. The van der Waals surface area contributed by atoms with Crippen LogP contribution in [0.4, 0.5) is 18.9 Å². The van der Waals surface area contributed by atoms with Crippen molar-refractivity contribution in [1.29, 1.82) is 0 Å². The third-order valence-electron chi connectivity index (χ3n) is 3.29. The van der Waals surface area contributed by atoms with Crippen molar-refractivity contribution in [3.8, 4) is 0 Å². The summed E-state index contributed by atoms with van der Waals surface area (Å²) in [5.74, 6) is -0.657. The van der Waals surface area contributed by atoms with Crippen LogP contribution in [0, 0.1) is 0 Å². The molecule has 0 aromatic heterocycles. The zero-order valence-corrected chi connectivity index (χ0v) is 12.2. The number of nitrogens with zero attached hydrogens (tertiary/aromatic N) is 1. The van der Waals surface area contributed by atoms with Gasteiger partial charge in [0.25, 0.3) is 5.91 Å². The second kappa shape index (κ2) is 5.90. The third kappa shape index (κ3) is 3.36. The first kappa shape index (κ1) is 17.9. The maximum Gasteiger partial charge on any atom is 0.419 e. The summed E-state index contributed by atoms with van der Waals surface area (Å²) in [6.45, 7) is -0.981. The monoisotopic (exact) mass is 344 g/mol. The number of anilines is 1. The molecule has 9 heteroatoms. The minimum atomic E-state index is -4.77. The molecule has 1 fully saturated rings. The van der Waals surface area contributed by atoms with Gasteiger partial charge in [-0.05, 0) is 18.2 Å². The first-order chi connectivity index (χ1) is 9.14. The second-order valence-corrected chi connectivity index (χ2v) is 5.15. The molecule has 118 valence electrons. The smallest absolute Gasteiger partial charge is 0.399 e. The lowest BCUT2D eigenvalue weighted by Gasteiger charge is -2.26. The van der Waals surface area contributed by atoms with Crippen molar-refractivity contribution >= 4 is 35.6 Å². The minimum Gasteiger partial charge on any atom is -0.399 e. The van der Waals surface area contributed by atoms with Gasteiger partial charge in [0.2, 0.25) is 0 Å². The molecule has 3 N–H and O–H groups in total. The number of carbonyl (C=O) groups excluding carboxylic acids is 1. The highest BCUT2D eigenvalue weighted by Crippen LogP contribution is 2.38. The number of β-amino-alcohol motifs (C(OH)–C–C–N with tert-alkyl or cyclic N) is 1. The summed E-state index contributed by atoms with van der Waals surface area (Å²) in [6, 6.07) is 4.14. The van der Waals surface area contributed by atoms with Crippen molar-refractivity contribution in [2.45, 2.75) is 18.2 Å². The predicted molar refractivity (Wildman–Crippen MR) is 74.6 cm³/mol. The highest BCUT2D eigenvalue weighted by molar-refractivity contribution is 6.34. The maximum absolute atomic E-state index is 12.7. The summed E-state index contributed by atoms with van der Waals surface area (Å²) in [5.41, 5.74) is 3.03. The van der Waals surface area contributed by atoms with Crippen molar-refractivity contribution in [3.05, 3.63) is 28.8 Å². The van der Waals surface area contributed by atoms with Crippen LogP contribution >= 0.6 is 24.0 Å². The van der Waals surface area contributed by atoms with Crippen LogP contribution in [0.15, 0.2) is 18.2 Å². The fourth-order valence-corrected chi connectivity index (χ4v) is 2.34. The van der Waals surface area contributed by atoms with Crippen molar-refractivity contribution in [1.82, 2.24) is 4.90 Å². The number of benzene rings is 1. The van der Waals surface area contributed by atoms with E-state index in [4.69, 9.17) is 17.3 Å². The SMILES string of the molecule is Cl.Nc1ccc(C(=O)N2CCC(O)(C(F)(F)F)C2)c(Cl)c1. The average Bonchev–Trinajstić information content (AvgIpc) is 2.72. The van der Waals surface area contributed by atoms with Gasteiger partial charge in [-0.15, -0.1) is 12.4 Å². The molecule has 1 amide bonds. The fourth-order valence-electron chi connectivity index (χ4n) is 2.07. The number of likely N-dealkylation sites (tertiary alicyclic amines) is 1. The molecule has 1 aromatic rings. The van der Waals surface area contributed by atoms with Gasteiger partial charge < -0.3 is 15.7 Å². The first-order valence-corrected chi connectivity index (χ1v) is 6.15. The summed E-state index contributed by atoms with van der Waals surface area (Å²) in [7, 11) is 0. The minimum absolute atomic E-state index is 0. The predicted octanol–water partition coefficient (Wildman–Crippen LogP) is 2.48. The van der Waals surface area contributed by atoms with E-state index >= 15 is 0 Å². The molecule has 1 atom stereocenters. The highest BCUT2D eigenvalue weighted by atomic mass is 35.5. The molecule has 0 spiro atoms. The summed E-state index contributed by atoms with van der Waals surface area (Å²) in [6.07, 6.45) is -5.32. The molecule has 4 nitrogen and oxygen atoms in total. The normalized spacial score (nSPS) is 22.0. The van der Waals surface area contributed by atoms with Crippen LogP contribution in [0.2, 0.25) is 5.02 Å². The Morgan fingerprint density at radius 2 is 2.05 bits per heavy atom. The van der Waals surface area contributed by atoms with E-state index < -0.39 is 30.7 Å². The fraction of sp³-hybridized carbons (Fsp3) is 0.417. The van der Waals surface area contributed by atoms with Crippen LogP contribution in [0.5, 0.6) is 0 Å². The number of carbonyl (C=O) groups is 1. The van der Waals surface area contributed by atoms with Crippen molar-refractivity contribution in [2.75, 3.05) is 18.8 Å². The van der Waals surface area contributed by atoms with E-state index in [0.29, 0.717) is 5.69 Å². The molecule has 21 heavy (non-hydrogen) atoms. The van der Waals surface area contributed by atoms with E-state index in [0.717, 1.165) is 4.90 Å². The van der Waals surface area contributed by atoms with Crippen molar-refractivity contribution in [3.63, 3.8) is 0 Å². The lowest BCUT2D eigenvalue weighted by molar-refractivity contribution is -0.253. The van der Waals surface area contributed by atoms with Crippen molar-refractivity contribution in [2.24, 2.45) is 0 Å². The van der Waals surface area contributed by atoms with Gasteiger partial charge in [-0.2, -0.15) is 13.2 Å². The molecule has 2 rings (SSSR count). The molecular weight excluding hydrogens is 332 g/mol. The Morgan fingerprint density at radius 3 is 2.52 bits per heavy atom. The average molecular weight is 345 g/mol. The standard InChI is InChI=1S/C12H12ClF3N2O2.ClH/c13-9-5-7(17)1-2-8(9)10(19)18-4-3-11(20,6-18)12(14,15)16;/h1-2,5,20H,3-4,6,17H2;1H. The van der Waals surface area contributed by atoms with E-state index in [9.17, 15) is 23.1 Å². The summed E-state index contributed by atoms with van der Waals surface area (Å²) >= 11 is 5.85. The number of hydrogen-bond donors (Lipinski definition) is 2. The van der Waals surface area contributed by atoms with Gasteiger partial charge in [0.05, 0.1) is 17.1 Å². The van der Waals surface area contributed by atoms with Crippen LogP contribution in [-0.2, 0) is 0 Å². The van der Waals surface area contributed by atoms with E-state index in [1.165, 1.54) is 18.2 Å². The molecule has 1 heterocycles. The van der Waals surface area contributed by atoms with Gasteiger partial charge in [0.15, 0.2) is 5.60 Å². The lowest BCUT2D eigenvalue weighted by atomic mass is 10.0. The van der Waals surface area contributed by atoms with Crippen LogP contribution in [0.3, 0.4) is 0 Å². The Hall–Kier alpha value is -1.18. The van der Waals surface area contributed by atoms with E-state index in [2.05, 4.69) is 0 Å². The van der Waals surface area contributed by atoms with Gasteiger partial charge in [0, 0.05) is 18.7 Å². The van der Waals surface area contributed by atoms with Gasteiger partial charge >= 0.3 is 6.18 Å². The molecule has 0 radical (unpaired) electrons. The molecule has 1 unspecified atom stereocenters. The van der Waals surface area contributed by atoms with Crippen molar-refractivity contribution < 1.29 is 23.1 Å². The molecule has 1 saturated heterocycles. The molecule has 0 saturated carbocycles. The van der Waals surface area contributed by atoms with Crippen LogP contribution < -0.4 is 5.73 Å². The zero-order valence-electron chi connectivity index (χ0n) is 10.7. The summed E-state index contributed by atoms with van der Waals surface area (Å²) < 4.78 is 38.1. The molecule has 1 aliphatic rings. The number of halogens is 5. The topological polar surface area (TPSA) is 66.6 Å². The first-order valence-electron chi connectivity index (χ1n) is 5.77. The van der Waals surface area contributed by atoms with Crippen LogP contribution in [0.1, 0.15) is 16.8 Å². The number of alkyl halides is 3. The number of rotatable bonds is 1. The number of aliphatic hydroxyl groups is 1. The second-order valence-electron chi connectivity index (χ2n) is 4.75. The number of hydrogen-bond acceptors (Lipinski definition) is 3. The molecule has 1 aliphatic heterocycles.